The Morgan fingerprint density at radius 1 is 1.03 bits per heavy atom. The summed E-state index contributed by atoms with van der Waals surface area (Å²) in [6, 6.07) is 17.8. The van der Waals surface area contributed by atoms with Crippen molar-refractivity contribution in [1.29, 1.82) is 0 Å². The molecule has 2 aromatic carbocycles. The number of benzene rings is 2. The zero-order valence-corrected chi connectivity index (χ0v) is 16.8. The molecule has 0 aromatic heterocycles. The van der Waals surface area contributed by atoms with E-state index < -0.39 is 5.92 Å². The van der Waals surface area contributed by atoms with E-state index in [4.69, 9.17) is 0 Å². The molecule has 0 bridgehead atoms. The van der Waals surface area contributed by atoms with E-state index in [1.54, 1.807) is 6.21 Å². The van der Waals surface area contributed by atoms with E-state index in [9.17, 15) is 4.79 Å². The van der Waals surface area contributed by atoms with Gasteiger partial charge in [0.1, 0.15) is 5.92 Å². The molecule has 148 valence electrons. The van der Waals surface area contributed by atoms with Crippen molar-refractivity contribution in [2.24, 2.45) is 21.2 Å². The van der Waals surface area contributed by atoms with Gasteiger partial charge in [-0.25, -0.2) is 0 Å². The highest BCUT2D eigenvalue weighted by molar-refractivity contribution is 6.27. The first-order valence-electron chi connectivity index (χ1n) is 10.00. The van der Waals surface area contributed by atoms with Gasteiger partial charge in [0.15, 0.2) is 0 Å². The predicted molar refractivity (Wildman–Crippen MR) is 119 cm³/mol. The highest BCUT2D eigenvalue weighted by Crippen LogP contribution is 2.24. The van der Waals surface area contributed by atoms with Crippen molar-refractivity contribution in [2.45, 2.75) is 26.7 Å². The number of rotatable bonds is 5. The molecule has 0 spiro atoms. The normalized spacial score (nSPS) is 20.1. The molecule has 0 N–H and O–H groups in total. The molecule has 4 rings (SSSR count). The molecular weight excluding hydrogens is 362 g/mol. The van der Waals surface area contributed by atoms with Crippen LogP contribution in [0.15, 0.2) is 69.9 Å². The maximum Gasteiger partial charge on any atom is 0.262 e. The van der Waals surface area contributed by atoms with Crippen molar-refractivity contribution in [3.05, 3.63) is 60.2 Å². The molecule has 2 aliphatic rings. The maximum absolute atomic E-state index is 12.8. The highest BCUT2D eigenvalue weighted by atomic mass is 16.2. The van der Waals surface area contributed by atoms with Crippen molar-refractivity contribution in [3.8, 4) is 0 Å². The van der Waals surface area contributed by atoms with Gasteiger partial charge in [0.2, 0.25) is 0 Å². The van der Waals surface area contributed by atoms with Gasteiger partial charge in [-0.2, -0.15) is 20.3 Å². The fraction of sp³-hybridized carbons (Fsp3) is 0.304. The zero-order valence-electron chi connectivity index (χ0n) is 16.8. The highest BCUT2D eigenvalue weighted by Gasteiger charge is 2.36. The van der Waals surface area contributed by atoms with Crippen molar-refractivity contribution < 1.29 is 4.79 Å². The number of amides is 1. The second kappa shape index (κ2) is 8.39. The summed E-state index contributed by atoms with van der Waals surface area (Å²) in [6.45, 7) is 5.94. The Balaban J connectivity index is 1.43. The Morgan fingerprint density at radius 3 is 2.41 bits per heavy atom. The molecule has 0 radical (unpaired) electrons. The first-order valence-corrected chi connectivity index (χ1v) is 10.00. The van der Waals surface area contributed by atoms with E-state index in [-0.39, 0.29) is 5.91 Å². The summed E-state index contributed by atoms with van der Waals surface area (Å²) in [5, 5.41) is 14.3. The van der Waals surface area contributed by atoms with Gasteiger partial charge in [0.25, 0.3) is 5.91 Å². The molecule has 0 saturated carbocycles. The number of carbonyl (C=O) groups excluding carboxylic acids is 1. The topological polar surface area (TPSA) is 60.6 Å². The average molecular weight is 387 g/mol. The molecule has 1 fully saturated rings. The standard InChI is InChI=1S/C23H25N5O/c1-17(22-18(2)26-28(23(22)29)21-8-4-3-5-9-21)25-24-16-19-10-12-20(13-11-19)27-14-6-7-15-27/h3-5,8-13,16,22H,6-7,14-15H2,1-2H3/b24-16+,25-17-. The Labute approximate surface area is 171 Å². The van der Waals surface area contributed by atoms with Crippen LogP contribution < -0.4 is 9.91 Å². The van der Waals surface area contributed by atoms with Crippen LogP contribution in [0, 0.1) is 5.92 Å². The largest absolute Gasteiger partial charge is 0.372 e. The van der Waals surface area contributed by atoms with Crippen LogP contribution in [0.25, 0.3) is 0 Å². The maximum atomic E-state index is 12.8. The molecule has 2 heterocycles. The molecule has 2 aliphatic heterocycles. The fourth-order valence-electron chi connectivity index (χ4n) is 3.79. The lowest BCUT2D eigenvalue weighted by Crippen LogP contribution is -2.31. The van der Waals surface area contributed by atoms with Crippen LogP contribution in [0.2, 0.25) is 0 Å². The van der Waals surface area contributed by atoms with Gasteiger partial charge in [0.05, 0.1) is 23.3 Å². The summed E-state index contributed by atoms with van der Waals surface area (Å²) in [6.07, 6.45) is 4.25. The van der Waals surface area contributed by atoms with Crippen molar-refractivity contribution in [1.82, 2.24) is 0 Å². The van der Waals surface area contributed by atoms with Gasteiger partial charge in [0, 0.05) is 18.8 Å². The average Bonchev–Trinajstić information content (AvgIpc) is 3.37. The van der Waals surface area contributed by atoms with Crippen LogP contribution >= 0.6 is 0 Å². The number of anilines is 2. The number of hydrogen-bond donors (Lipinski definition) is 0. The van der Waals surface area contributed by atoms with E-state index >= 15 is 0 Å². The van der Waals surface area contributed by atoms with Crippen LogP contribution in [0.4, 0.5) is 11.4 Å². The summed E-state index contributed by atoms with van der Waals surface area (Å²) < 4.78 is 0. The summed E-state index contributed by atoms with van der Waals surface area (Å²) in [7, 11) is 0. The first-order chi connectivity index (χ1) is 14.1. The SMILES string of the molecule is CC1=NN(c2ccccc2)C(=O)C1/C(C)=N\N=C\c1ccc(N2CCCC2)cc1. The third kappa shape index (κ3) is 4.11. The summed E-state index contributed by atoms with van der Waals surface area (Å²) in [5.74, 6) is -0.565. The third-order valence-electron chi connectivity index (χ3n) is 5.34. The van der Waals surface area contributed by atoms with Crippen LogP contribution in [0.3, 0.4) is 0 Å². The lowest BCUT2D eigenvalue weighted by Gasteiger charge is -2.17. The second-order valence-corrected chi connectivity index (χ2v) is 7.43. The van der Waals surface area contributed by atoms with E-state index in [1.807, 2.05) is 56.3 Å². The Hall–Kier alpha value is -3.28. The van der Waals surface area contributed by atoms with Crippen molar-refractivity contribution in [3.63, 3.8) is 0 Å². The van der Waals surface area contributed by atoms with E-state index in [0.717, 1.165) is 30.1 Å². The lowest BCUT2D eigenvalue weighted by atomic mass is 9.99. The third-order valence-corrected chi connectivity index (χ3v) is 5.34. The van der Waals surface area contributed by atoms with E-state index in [1.165, 1.54) is 23.5 Å². The second-order valence-electron chi connectivity index (χ2n) is 7.43. The molecule has 2 aromatic rings. The summed E-state index contributed by atoms with van der Waals surface area (Å²) in [4.78, 5) is 15.2. The quantitative estimate of drug-likeness (QED) is 0.572. The van der Waals surface area contributed by atoms with Crippen LogP contribution in [-0.4, -0.2) is 36.6 Å². The molecule has 29 heavy (non-hydrogen) atoms. The number of hydrazone groups is 1. The minimum atomic E-state index is -0.468. The number of hydrogen-bond acceptors (Lipinski definition) is 5. The lowest BCUT2D eigenvalue weighted by molar-refractivity contribution is -0.118. The number of para-hydroxylation sites is 1. The van der Waals surface area contributed by atoms with Crippen LogP contribution in [0.1, 0.15) is 32.3 Å². The van der Waals surface area contributed by atoms with Crippen molar-refractivity contribution >= 4 is 34.9 Å². The van der Waals surface area contributed by atoms with Gasteiger partial charge in [-0.1, -0.05) is 30.3 Å². The fourth-order valence-corrected chi connectivity index (χ4v) is 3.79. The first kappa shape index (κ1) is 19.1. The minimum absolute atomic E-state index is 0.0971. The molecule has 1 saturated heterocycles. The van der Waals surface area contributed by atoms with Crippen LogP contribution in [0.5, 0.6) is 0 Å². The minimum Gasteiger partial charge on any atom is -0.372 e. The smallest absolute Gasteiger partial charge is 0.262 e. The summed E-state index contributed by atoms with van der Waals surface area (Å²) >= 11 is 0. The van der Waals surface area contributed by atoms with Crippen LogP contribution in [-0.2, 0) is 4.79 Å². The summed E-state index contributed by atoms with van der Waals surface area (Å²) in [5.41, 5.74) is 4.36. The Bertz CT molecular complexity index is 957. The monoisotopic (exact) mass is 387 g/mol. The molecule has 0 aliphatic carbocycles. The van der Waals surface area contributed by atoms with Gasteiger partial charge in [-0.15, -0.1) is 0 Å². The molecular formula is C23H25N5O. The molecule has 1 unspecified atom stereocenters. The number of nitrogens with zero attached hydrogens (tertiary/aromatic N) is 5. The van der Waals surface area contributed by atoms with E-state index in [2.05, 4.69) is 32.3 Å². The van der Waals surface area contributed by atoms with Gasteiger partial charge in [-0.05, 0) is 56.5 Å². The Morgan fingerprint density at radius 2 is 1.72 bits per heavy atom. The van der Waals surface area contributed by atoms with Gasteiger partial charge >= 0.3 is 0 Å². The number of carbonyl (C=O) groups is 1. The predicted octanol–water partition coefficient (Wildman–Crippen LogP) is 4.12. The zero-order chi connectivity index (χ0) is 20.2. The van der Waals surface area contributed by atoms with E-state index in [0.29, 0.717) is 5.71 Å². The molecule has 6 heteroatoms. The Kier molecular flexibility index (Phi) is 5.51. The van der Waals surface area contributed by atoms with Crippen molar-refractivity contribution in [2.75, 3.05) is 23.0 Å². The van der Waals surface area contributed by atoms with Gasteiger partial charge in [-0.3, -0.25) is 4.79 Å². The molecule has 6 nitrogen and oxygen atoms in total. The molecule has 1 atom stereocenters. The van der Waals surface area contributed by atoms with Gasteiger partial charge < -0.3 is 4.90 Å². The molecule has 1 amide bonds.